The Balaban J connectivity index is 2.25. The fourth-order valence-electron chi connectivity index (χ4n) is 4.73. The van der Waals surface area contributed by atoms with Crippen molar-refractivity contribution in [3.05, 3.63) is 0 Å². The first-order valence-electron chi connectivity index (χ1n) is 12.6. The second-order valence-electron chi connectivity index (χ2n) is 9.20. The van der Waals surface area contributed by atoms with Gasteiger partial charge in [0.15, 0.2) is 0 Å². The van der Waals surface area contributed by atoms with Gasteiger partial charge in [-0.1, -0.05) is 78.1 Å². The van der Waals surface area contributed by atoms with Gasteiger partial charge in [0.25, 0.3) is 5.79 Å². The molecular formula is C25H48O5. The maximum absolute atomic E-state index is 12.1. The van der Waals surface area contributed by atoms with Gasteiger partial charge < -0.3 is 19.7 Å². The summed E-state index contributed by atoms with van der Waals surface area (Å²) in [4.78, 5) is 12.1. The third-order valence-electron chi connectivity index (χ3n) is 6.80. The van der Waals surface area contributed by atoms with Crippen LogP contribution in [0.25, 0.3) is 0 Å². The Morgan fingerprint density at radius 1 is 0.900 bits per heavy atom. The van der Waals surface area contributed by atoms with Crippen LogP contribution in [0.5, 0.6) is 0 Å². The summed E-state index contributed by atoms with van der Waals surface area (Å²) < 4.78 is 10.2. The van der Waals surface area contributed by atoms with Gasteiger partial charge in [0, 0.05) is 13.5 Å². The van der Waals surface area contributed by atoms with Gasteiger partial charge in [-0.2, -0.15) is 0 Å². The van der Waals surface area contributed by atoms with Crippen molar-refractivity contribution in [2.24, 2.45) is 11.8 Å². The minimum absolute atomic E-state index is 0.153. The molecule has 0 heterocycles. The Labute approximate surface area is 184 Å². The molecule has 1 aliphatic rings. The first kappa shape index (κ1) is 27.4. The molecule has 178 valence electrons. The van der Waals surface area contributed by atoms with E-state index < -0.39 is 11.8 Å². The third-order valence-corrected chi connectivity index (χ3v) is 6.80. The summed E-state index contributed by atoms with van der Waals surface area (Å²) >= 11 is 0. The lowest BCUT2D eigenvalue weighted by molar-refractivity contribution is -0.222. The zero-order valence-electron chi connectivity index (χ0n) is 19.9. The molecule has 4 atom stereocenters. The summed E-state index contributed by atoms with van der Waals surface area (Å²) in [6.45, 7) is 4.59. The SMILES string of the molecule is CCCCCCCC[C@H]1CC[C@H](O)[C@@H]1CCCCCC(O)(OC)C(=O)OCCCC. The number of hydrogen-bond donors (Lipinski definition) is 2. The Bertz CT molecular complexity index is 441. The fourth-order valence-corrected chi connectivity index (χ4v) is 4.73. The van der Waals surface area contributed by atoms with Crippen molar-refractivity contribution in [1.82, 2.24) is 0 Å². The van der Waals surface area contributed by atoms with Crippen LogP contribution in [0.4, 0.5) is 0 Å². The number of rotatable bonds is 18. The molecule has 0 aromatic heterocycles. The lowest BCUT2D eigenvalue weighted by Crippen LogP contribution is -2.42. The average Bonchev–Trinajstić information content (AvgIpc) is 3.09. The summed E-state index contributed by atoms with van der Waals surface area (Å²) in [5.41, 5.74) is 0. The van der Waals surface area contributed by atoms with Crippen molar-refractivity contribution >= 4 is 5.97 Å². The van der Waals surface area contributed by atoms with Gasteiger partial charge in [-0.05, 0) is 43.9 Å². The van der Waals surface area contributed by atoms with E-state index >= 15 is 0 Å². The van der Waals surface area contributed by atoms with Crippen molar-refractivity contribution in [3.63, 3.8) is 0 Å². The van der Waals surface area contributed by atoms with Crippen LogP contribution in [-0.2, 0) is 14.3 Å². The minimum atomic E-state index is -1.83. The fraction of sp³-hybridized carbons (Fsp3) is 0.960. The summed E-state index contributed by atoms with van der Waals surface area (Å²) in [7, 11) is 1.35. The molecule has 5 nitrogen and oxygen atoms in total. The molecule has 5 heteroatoms. The number of ether oxygens (including phenoxy) is 2. The lowest BCUT2D eigenvalue weighted by atomic mass is 9.85. The molecule has 0 amide bonds. The molecule has 0 aromatic carbocycles. The molecule has 1 saturated carbocycles. The first-order valence-corrected chi connectivity index (χ1v) is 12.6. The maximum atomic E-state index is 12.1. The molecule has 1 unspecified atom stereocenters. The van der Waals surface area contributed by atoms with Gasteiger partial charge in [-0.25, -0.2) is 4.79 Å². The van der Waals surface area contributed by atoms with Gasteiger partial charge in [0.05, 0.1) is 12.7 Å². The van der Waals surface area contributed by atoms with E-state index in [1.54, 1.807) is 0 Å². The van der Waals surface area contributed by atoms with E-state index in [1.807, 2.05) is 6.92 Å². The molecule has 0 saturated heterocycles. The van der Waals surface area contributed by atoms with Crippen LogP contribution in [0, 0.1) is 11.8 Å². The Morgan fingerprint density at radius 2 is 1.53 bits per heavy atom. The Kier molecular flexibility index (Phi) is 14.6. The van der Waals surface area contributed by atoms with E-state index in [0.717, 1.165) is 44.9 Å². The average molecular weight is 429 g/mol. The molecule has 0 radical (unpaired) electrons. The number of unbranched alkanes of at least 4 members (excludes halogenated alkanes) is 8. The van der Waals surface area contributed by atoms with Gasteiger partial charge in [0.2, 0.25) is 0 Å². The summed E-state index contributed by atoms with van der Waals surface area (Å²) in [6, 6.07) is 0. The summed E-state index contributed by atoms with van der Waals surface area (Å²) in [5, 5.41) is 20.8. The van der Waals surface area contributed by atoms with Gasteiger partial charge in [0.1, 0.15) is 0 Å². The highest BCUT2D eigenvalue weighted by molar-refractivity contribution is 5.77. The molecule has 0 spiro atoms. The van der Waals surface area contributed by atoms with Crippen LogP contribution in [0.2, 0.25) is 0 Å². The van der Waals surface area contributed by atoms with Gasteiger partial charge in [-0.3, -0.25) is 0 Å². The number of aliphatic hydroxyl groups excluding tert-OH is 1. The smallest absolute Gasteiger partial charge is 0.366 e. The highest BCUT2D eigenvalue weighted by Crippen LogP contribution is 2.39. The van der Waals surface area contributed by atoms with E-state index in [0.29, 0.717) is 24.9 Å². The normalized spacial score (nSPS) is 23.4. The van der Waals surface area contributed by atoms with E-state index in [1.165, 1.54) is 52.1 Å². The predicted molar refractivity (Wildman–Crippen MR) is 121 cm³/mol. The molecule has 0 bridgehead atoms. The molecular weight excluding hydrogens is 380 g/mol. The molecule has 1 rings (SSSR count). The number of carbonyl (C=O) groups excluding carboxylic acids is 1. The maximum Gasteiger partial charge on any atom is 0.366 e. The topological polar surface area (TPSA) is 76.0 Å². The summed E-state index contributed by atoms with van der Waals surface area (Å²) in [6.07, 6.45) is 16.8. The second kappa shape index (κ2) is 16.0. The molecule has 1 aliphatic carbocycles. The van der Waals surface area contributed by atoms with E-state index in [4.69, 9.17) is 9.47 Å². The molecule has 2 N–H and O–H groups in total. The minimum Gasteiger partial charge on any atom is -0.462 e. The van der Waals surface area contributed by atoms with Crippen LogP contribution in [0.1, 0.15) is 117 Å². The summed E-state index contributed by atoms with van der Waals surface area (Å²) in [5.74, 6) is -1.43. The van der Waals surface area contributed by atoms with E-state index in [9.17, 15) is 15.0 Å². The Morgan fingerprint density at radius 3 is 2.23 bits per heavy atom. The van der Waals surface area contributed by atoms with Crippen LogP contribution in [-0.4, -0.2) is 41.8 Å². The molecule has 1 fully saturated rings. The highest BCUT2D eigenvalue weighted by atomic mass is 16.7. The number of esters is 1. The zero-order valence-corrected chi connectivity index (χ0v) is 19.9. The monoisotopic (exact) mass is 428 g/mol. The van der Waals surface area contributed by atoms with E-state index in [-0.39, 0.29) is 12.5 Å². The van der Waals surface area contributed by atoms with Crippen molar-refractivity contribution in [2.45, 2.75) is 128 Å². The number of aliphatic hydroxyl groups is 2. The van der Waals surface area contributed by atoms with Crippen molar-refractivity contribution in [2.75, 3.05) is 13.7 Å². The van der Waals surface area contributed by atoms with Crippen LogP contribution in [0.3, 0.4) is 0 Å². The zero-order chi connectivity index (χ0) is 22.2. The molecule has 0 aromatic rings. The predicted octanol–water partition coefficient (Wildman–Crippen LogP) is 5.75. The lowest BCUT2D eigenvalue weighted by Gasteiger charge is -2.25. The standard InChI is InChI=1S/C25H48O5/c1-4-6-8-9-10-12-15-21-17-18-23(26)22(21)16-13-11-14-19-25(28,29-3)24(27)30-20-7-5-2/h21-23,26,28H,4-20H2,1-3H3/t21-,22+,23-,25?/m0/s1. The number of hydrogen-bond acceptors (Lipinski definition) is 5. The van der Waals surface area contributed by atoms with Gasteiger partial charge in [-0.15, -0.1) is 0 Å². The molecule has 30 heavy (non-hydrogen) atoms. The number of methoxy groups -OCH3 is 1. The van der Waals surface area contributed by atoms with Crippen LogP contribution in [0.15, 0.2) is 0 Å². The van der Waals surface area contributed by atoms with Crippen LogP contribution >= 0.6 is 0 Å². The highest BCUT2D eigenvalue weighted by Gasteiger charge is 2.37. The third kappa shape index (κ3) is 10.1. The largest absolute Gasteiger partial charge is 0.462 e. The van der Waals surface area contributed by atoms with Crippen molar-refractivity contribution < 1.29 is 24.5 Å². The first-order chi connectivity index (χ1) is 14.5. The quantitative estimate of drug-likeness (QED) is 0.165. The Hall–Kier alpha value is -0.650. The van der Waals surface area contributed by atoms with E-state index in [2.05, 4.69) is 6.92 Å². The molecule has 0 aliphatic heterocycles. The second-order valence-corrected chi connectivity index (χ2v) is 9.20. The number of carbonyl (C=O) groups is 1. The van der Waals surface area contributed by atoms with Crippen molar-refractivity contribution in [3.8, 4) is 0 Å². The van der Waals surface area contributed by atoms with Crippen LogP contribution < -0.4 is 0 Å². The van der Waals surface area contributed by atoms with Gasteiger partial charge >= 0.3 is 5.97 Å². The van der Waals surface area contributed by atoms with Crippen molar-refractivity contribution in [1.29, 1.82) is 0 Å².